The summed E-state index contributed by atoms with van der Waals surface area (Å²) in [6.45, 7) is 14.3. The number of aromatic hydroxyl groups is 1. The zero-order valence-electron chi connectivity index (χ0n) is 25.1. The molecule has 190 valence electrons. The minimum absolute atomic E-state index is 0.268. The first kappa shape index (κ1) is 23.5. The number of ether oxygens (including phenoxy) is 1. The lowest BCUT2D eigenvalue weighted by atomic mass is 9.83. The molecular weight excluding hydrogens is 412 g/mol. The fraction of sp³-hybridized carbons (Fsp3) is 0.793. The average molecular weight is 466 g/mol. The molecule has 1 heterocycles. The number of fused-ring (bicyclic) bond motifs is 1. The number of hydrogen-bond donors (Lipinski definition) is 3. The molecule has 0 aliphatic carbocycles. The van der Waals surface area contributed by atoms with Crippen LogP contribution in [-0.2, 0) is 6.42 Å². The van der Waals surface area contributed by atoms with Gasteiger partial charge < -0.3 is 20.1 Å². The number of aliphatic hydroxyl groups is 2. The van der Waals surface area contributed by atoms with Crippen molar-refractivity contribution in [1.29, 1.82) is 0 Å². The molecule has 0 amide bonds. The predicted molar refractivity (Wildman–Crippen MR) is 137 cm³/mol. The van der Waals surface area contributed by atoms with E-state index in [1.165, 1.54) is 32.1 Å². The van der Waals surface area contributed by atoms with E-state index in [0.717, 1.165) is 24.7 Å². The minimum atomic E-state index is -2.95. The van der Waals surface area contributed by atoms with E-state index in [0.29, 0.717) is 47.6 Å². The third-order valence-corrected chi connectivity index (χ3v) is 7.48. The second-order valence-electron chi connectivity index (χ2n) is 11.1. The number of benzene rings is 1. The number of phenols is 1. The Morgan fingerprint density at radius 3 is 2.03 bits per heavy atom. The van der Waals surface area contributed by atoms with Gasteiger partial charge in [0.25, 0.3) is 0 Å². The Bertz CT molecular complexity index is 878. The molecule has 1 aromatic carbocycles. The van der Waals surface area contributed by atoms with Crippen LogP contribution in [0.15, 0.2) is 0 Å². The van der Waals surface area contributed by atoms with Crippen molar-refractivity contribution in [3.63, 3.8) is 0 Å². The summed E-state index contributed by atoms with van der Waals surface area (Å²) < 4.78 is 31.8. The SMILES string of the molecule is [2H]C(O)(O)c1c(O)c(C)c(C)c2c1CC[C@@](C)(C([2H])([2H])CC[C@H](C)CCC[C@H](C)CCCC(C)C)O2. The molecule has 3 atom stereocenters. The van der Waals surface area contributed by atoms with Gasteiger partial charge in [0, 0.05) is 8.30 Å². The molecule has 4 heteroatoms. The van der Waals surface area contributed by atoms with Gasteiger partial charge in [0.15, 0.2) is 6.27 Å². The second-order valence-corrected chi connectivity index (χ2v) is 11.1. The molecule has 3 N–H and O–H groups in total. The first-order chi connectivity index (χ1) is 16.5. The van der Waals surface area contributed by atoms with E-state index in [4.69, 9.17) is 8.85 Å². The summed E-state index contributed by atoms with van der Waals surface area (Å²) in [6.07, 6.45) is 4.64. The van der Waals surface area contributed by atoms with Crippen molar-refractivity contribution < 1.29 is 24.2 Å². The van der Waals surface area contributed by atoms with Gasteiger partial charge in [-0.15, -0.1) is 0 Å². The van der Waals surface area contributed by atoms with Crippen LogP contribution in [-0.4, -0.2) is 20.9 Å². The Balaban J connectivity index is 2.01. The van der Waals surface area contributed by atoms with E-state index in [1.807, 2.05) is 0 Å². The van der Waals surface area contributed by atoms with Crippen molar-refractivity contribution in [2.45, 2.75) is 131 Å². The Labute approximate surface area is 207 Å². The van der Waals surface area contributed by atoms with Crippen LogP contribution in [0.2, 0.25) is 0 Å². The van der Waals surface area contributed by atoms with Crippen molar-refractivity contribution in [3.8, 4) is 11.5 Å². The molecule has 33 heavy (non-hydrogen) atoms. The molecule has 0 radical (unpaired) electrons. The summed E-state index contributed by atoms with van der Waals surface area (Å²) >= 11 is 0. The van der Waals surface area contributed by atoms with Gasteiger partial charge in [-0.1, -0.05) is 72.6 Å². The summed E-state index contributed by atoms with van der Waals surface area (Å²) in [4.78, 5) is 0. The van der Waals surface area contributed by atoms with Gasteiger partial charge in [0.1, 0.15) is 17.1 Å². The van der Waals surface area contributed by atoms with E-state index >= 15 is 0 Å². The van der Waals surface area contributed by atoms with E-state index in [-0.39, 0.29) is 11.3 Å². The molecule has 1 aliphatic rings. The highest BCUT2D eigenvalue weighted by Gasteiger charge is 2.36. The standard InChI is InChI=1S/C29H50O4/c1-19(2)11-8-12-20(3)13-9-14-21(4)15-10-17-29(7)18-16-24-25(28(31)32)26(30)22(5)23(6)27(24)33-29/h19-21,28,30-32H,8-18H2,1-7H3/t20-,21-,29-/m1/s1/i17D2,28D. The maximum atomic E-state index is 10.5. The fourth-order valence-electron chi connectivity index (χ4n) is 4.96. The minimum Gasteiger partial charge on any atom is -0.507 e. The molecule has 1 aromatic rings. The fourth-order valence-corrected chi connectivity index (χ4v) is 4.96. The summed E-state index contributed by atoms with van der Waals surface area (Å²) in [5.74, 6) is 1.99. The maximum Gasteiger partial charge on any atom is 0.182 e. The third-order valence-electron chi connectivity index (χ3n) is 7.48. The van der Waals surface area contributed by atoms with Crippen LogP contribution in [0.25, 0.3) is 0 Å². The first-order valence-corrected chi connectivity index (χ1v) is 13.0. The largest absolute Gasteiger partial charge is 0.507 e. The smallest absolute Gasteiger partial charge is 0.182 e. The molecule has 1 aliphatic heterocycles. The Morgan fingerprint density at radius 1 is 0.939 bits per heavy atom. The van der Waals surface area contributed by atoms with Crippen LogP contribution >= 0.6 is 0 Å². The van der Waals surface area contributed by atoms with Gasteiger partial charge >= 0.3 is 0 Å². The number of phenolic OH excluding ortho intramolecular Hbond substituents is 1. The first-order valence-electron chi connectivity index (χ1n) is 14.5. The molecule has 2 rings (SSSR count). The number of hydrogen-bond acceptors (Lipinski definition) is 4. The highest BCUT2D eigenvalue weighted by atomic mass is 16.5. The van der Waals surface area contributed by atoms with Gasteiger partial charge in [0.2, 0.25) is 0 Å². The zero-order chi connectivity index (χ0) is 27.5. The van der Waals surface area contributed by atoms with Gasteiger partial charge in [-0.25, -0.2) is 0 Å². The Kier molecular flexibility index (Phi) is 8.86. The predicted octanol–water partition coefficient (Wildman–Crippen LogP) is 7.52. The van der Waals surface area contributed by atoms with Gasteiger partial charge in [-0.3, -0.25) is 0 Å². The van der Waals surface area contributed by atoms with Gasteiger partial charge in [0.05, 0.1) is 6.93 Å². The molecule has 0 saturated carbocycles. The molecule has 0 aromatic heterocycles. The average Bonchev–Trinajstić information content (AvgIpc) is 2.75. The molecular formula is C29H50O4. The third kappa shape index (κ3) is 7.89. The van der Waals surface area contributed by atoms with Crippen LogP contribution in [0.3, 0.4) is 0 Å². The lowest BCUT2D eigenvalue weighted by Gasteiger charge is -2.38. The summed E-state index contributed by atoms with van der Waals surface area (Å²) in [7, 11) is 0. The molecule has 0 saturated heterocycles. The van der Waals surface area contributed by atoms with Crippen molar-refractivity contribution in [2.24, 2.45) is 17.8 Å². The van der Waals surface area contributed by atoms with E-state index < -0.39 is 18.2 Å². The molecule has 0 bridgehead atoms. The number of rotatable bonds is 13. The highest BCUT2D eigenvalue weighted by molar-refractivity contribution is 5.59. The molecule has 0 unspecified atom stereocenters. The second kappa shape index (κ2) is 12.4. The molecule has 0 fully saturated rings. The normalized spacial score (nSPS) is 22.2. The summed E-state index contributed by atoms with van der Waals surface area (Å²) in [6, 6.07) is 0. The summed E-state index contributed by atoms with van der Waals surface area (Å²) in [5.41, 5.74) is 0.0505. The van der Waals surface area contributed by atoms with Gasteiger partial charge in [-0.05, 0) is 75.3 Å². The van der Waals surface area contributed by atoms with Gasteiger partial charge in [-0.2, -0.15) is 0 Å². The maximum absolute atomic E-state index is 10.5. The quantitative estimate of drug-likeness (QED) is 0.264. The van der Waals surface area contributed by atoms with E-state index in [9.17, 15) is 15.3 Å². The monoisotopic (exact) mass is 465 g/mol. The van der Waals surface area contributed by atoms with E-state index in [2.05, 4.69) is 27.7 Å². The van der Waals surface area contributed by atoms with Crippen molar-refractivity contribution >= 4 is 0 Å². The van der Waals surface area contributed by atoms with Crippen LogP contribution in [0.1, 0.15) is 131 Å². The summed E-state index contributed by atoms with van der Waals surface area (Å²) in [5, 5.41) is 30.5. The highest BCUT2D eigenvalue weighted by Crippen LogP contribution is 2.46. The zero-order valence-corrected chi connectivity index (χ0v) is 22.1. The van der Waals surface area contributed by atoms with E-state index in [1.54, 1.807) is 20.8 Å². The lowest BCUT2D eigenvalue weighted by molar-refractivity contribution is -0.0460. The van der Waals surface area contributed by atoms with Crippen molar-refractivity contribution in [1.82, 2.24) is 0 Å². The van der Waals surface area contributed by atoms with Crippen LogP contribution < -0.4 is 4.74 Å². The van der Waals surface area contributed by atoms with Crippen LogP contribution in [0.4, 0.5) is 0 Å². The van der Waals surface area contributed by atoms with Crippen LogP contribution in [0.5, 0.6) is 11.5 Å². The topological polar surface area (TPSA) is 69.9 Å². The Morgan fingerprint density at radius 2 is 1.48 bits per heavy atom. The molecule has 0 spiro atoms. The lowest BCUT2D eigenvalue weighted by Crippen LogP contribution is -2.37. The van der Waals surface area contributed by atoms with Crippen LogP contribution in [0, 0.1) is 31.6 Å². The molecule has 4 nitrogen and oxygen atoms in total. The van der Waals surface area contributed by atoms with Crippen molar-refractivity contribution in [3.05, 3.63) is 22.3 Å². The Hall–Kier alpha value is -1.26. The van der Waals surface area contributed by atoms with Crippen molar-refractivity contribution in [2.75, 3.05) is 0 Å².